The zero-order valence-electron chi connectivity index (χ0n) is 16.4. The number of thiocarbonyl (C=S) groups is 1. The predicted molar refractivity (Wildman–Crippen MR) is 123 cm³/mol. The van der Waals surface area contributed by atoms with Gasteiger partial charge < -0.3 is 4.90 Å². The topological polar surface area (TPSA) is 18.8 Å². The van der Waals surface area contributed by atoms with Crippen LogP contribution in [0.15, 0.2) is 65.7 Å². The summed E-state index contributed by atoms with van der Waals surface area (Å²) in [7, 11) is 0. The van der Waals surface area contributed by atoms with Crippen LogP contribution in [0.5, 0.6) is 0 Å². The molecule has 0 spiro atoms. The predicted octanol–water partition coefficient (Wildman–Crippen LogP) is 5.95. The fraction of sp³-hybridized carbons (Fsp3) is 0.364. The lowest BCUT2D eigenvalue weighted by molar-refractivity contribution is 0.149. The third kappa shape index (κ3) is 4.10. The maximum Gasteiger partial charge on any atom is 0.148 e. The number of thioether (sulfide) groups is 1. The summed E-state index contributed by atoms with van der Waals surface area (Å²) in [5, 5.41) is 1.07. The zero-order chi connectivity index (χ0) is 19.4. The van der Waals surface area contributed by atoms with Crippen molar-refractivity contribution in [2.24, 2.45) is 10.4 Å². The first-order valence-corrected chi connectivity index (χ1v) is 10.7. The van der Waals surface area contributed by atoms with Gasteiger partial charge in [0.05, 0.1) is 16.9 Å². The summed E-state index contributed by atoms with van der Waals surface area (Å²) in [4.78, 5) is 9.76. The number of hydrogen-bond donors (Lipinski definition) is 0. The van der Waals surface area contributed by atoms with Gasteiger partial charge in [-0.3, -0.25) is 4.90 Å². The van der Waals surface area contributed by atoms with Crippen LogP contribution in [0, 0.1) is 5.41 Å². The van der Waals surface area contributed by atoms with Crippen molar-refractivity contribution in [1.82, 2.24) is 4.90 Å². The van der Waals surface area contributed by atoms with Crippen molar-refractivity contribution in [3.63, 3.8) is 0 Å². The fourth-order valence-electron chi connectivity index (χ4n) is 3.61. The third-order valence-electron chi connectivity index (χ3n) is 5.00. The maximum atomic E-state index is 5.88. The highest BCUT2D eigenvalue weighted by Gasteiger charge is 2.47. The van der Waals surface area contributed by atoms with E-state index in [-0.39, 0.29) is 11.6 Å². The molecule has 0 radical (unpaired) electrons. The van der Waals surface area contributed by atoms with Gasteiger partial charge in [0, 0.05) is 11.1 Å². The van der Waals surface area contributed by atoms with Gasteiger partial charge in [0.2, 0.25) is 0 Å². The second-order valence-electron chi connectivity index (χ2n) is 7.14. The van der Waals surface area contributed by atoms with Gasteiger partial charge in [0.1, 0.15) is 4.32 Å². The molecule has 5 heteroatoms. The van der Waals surface area contributed by atoms with Crippen LogP contribution < -0.4 is 4.90 Å². The molecule has 0 N–H and O–H groups in total. The molecule has 0 saturated carbocycles. The minimum absolute atomic E-state index is 0.117. The number of nitrogens with zero attached hydrogens (tertiary/aromatic N) is 3. The Labute approximate surface area is 172 Å². The Kier molecular flexibility index (Phi) is 6.35. The summed E-state index contributed by atoms with van der Waals surface area (Å²) < 4.78 is 0.854. The number of hydrogen-bond acceptors (Lipinski definition) is 4. The summed E-state index contributed by atoms with van der Waals surface area (Å²) >= 11 is 7.49. The smallest absolute Gasteiger partial charge is 0.148 e. The van der Waals surface area contributed by atoms with Crippen LogP contribution >= 0.6 is 24.0 Å². The Morgan fingerprint density at radius 1 is 1.00 bits per heavy atom. The van der Waals surface area contributed by atoms with E-state index in [1.54, 1.807) is 11.8 Å². The molecule has 142 valence electrons. The minimum atomic E-state index is -0.176. The maximum absolute atomic E-state index is 5.88. The highest BCUT2D eigenvalue weighted by molar-refractivity contribution is 8.33. The Morgan fingerprint density at radius 2 is 1.56 bits per heavy atom. The molecule has 0 aromatic heterocycles. The Balaban J connectivity index is 2.10. The molecule has 2 aromatic carbocycles. The van der Waals surface area contributed by atoms with Crippen LogP contribution in [0.3, 0.4) is 0 Å². The van der Waals surface area contributed by atoms with Gasteiger partial charge in [-0.05, 0) is 49.1 Å². The number of aliphatic imine (C=N–C) groups is 1. The van der Waals surface area contributed by atoms with E-state index in [0.717, 1.165) is 33.8 Å². The van der Waals surface area contributed by atoms with Crippen LogP contribution in [0.4, 0.5) is 11.4 Å². The van der Waals surface area contributed by atoms with Crippen LogP contribution in [-0.2, 0) is 0 Å². The second kappa shape index (κ2) is 8.55. The van der Waals surface area contributed by atoms with E-state index in [0.29, 0.717) is 0 Å². The van der Waals surface area contributed by atoms with Crippen LogP contribution in [0.1, 0.15) is 27.7 Å². The van der Waals surface area contributed by atoms with Crippen molar-refractivity contribution in [1.29, 1.82) is 0 Å². The van der Waals surface area contributed by atoms with Crippen molar-refractivity contribution in [2.45, 2.75) is 33.9 Å². The number of para-hydroxylation sites is 2. The van der Waals surface area contributed by atoms with Crippen LogP contribution in [-0.4, -0.2) is 33.5 Å². The van der Waals surface area contributed by atoms with Gasteiger partial charge in [0.15, 0.2) is 0 Å². The highest BCUT2D eigenvalue weighted by atomic mass is 32.2. The molecular formula is C22H27N3S2. The lowest BCUT2D eigenvalue weighted by Crippen LogP contribution is -2.62. The average molecular weight is 398 g/mol. The largest absolute Gasteiger partial charge is 0.310 e. The van der Waals surface area contributed by atoms with E-state index in [9.17, 15) is 0 Å². The molecular weight excluding hydrogens is 370 g/mol. The molecule has 0 aliphatic carbocycles. The summed E-state index contributed by atoms with van der Waals surface area (Å²) in [6, 6.07) is 20.6. The molecule has 1 aliphatic heterocycles. The summed E-state index contributed by atoms with van der Waals surface area (Å²) in [5.41, 5.74) is 1.94. The molecule has 1 atom stereocenters. The Morgan fingerprint density at radius 3 is 2.11 bits per heavy atom. The molecule has 3 rings (SSSR count). The Bertz CT molecular complexity index is 799. The summed E-state index contributed by atoms with van der Waals surface area (Å²) in [5.74, 6) is 0. The minimum Gasteiger partial charge on any atom is -0.310 e. The highest BCUT2D eigenvalue weighted by Crippen LogP contribution is 2.44. The van der Waals surface area contributed by atoms with E-state index >= 15 is 0 Å². The molecule has 3 nitrogen and oxygen atoms in total. The zero-order valence-corrected chi connectivity index (χ0v) is 18.1. The number of rotatable bonds is 5. The first-order valence-electron chi connectivity index (χ1n) is 9.43. The van der Waals surface area contributed by atoms with Gasteiger partial charge in [-0.1, -0.05) is 76.3 Å². The van der Waals surface area contributed by atoms with Gasteiger partial charge in [-0.25, -0.2) is 4.99 Å². The molecule has 1 unspecified atom stereocenters. The standard InChI is InChI=1S/C22H27N3S2/c1-5-24(6-2)20-22(3,4)19(23-17-13-9-7-10-14-17)27-21(26)25(20)18-15-11-8-12-16-18/h7-16,20H,5-6H2,1-4H3. The normalized spacial score (nSPS) is 21.1. The van der Waals surface area contributed by atoms with Gasteiger partial charge >= 0.3 is 0 Å². The average Bonchev–Trinajstić information content (AvgIpc) is 2.68. The molecule has 1 saturated heterocycles. The summed E-state index contributed by atoms with van der Waals surface area (Å²) in [6.07, 6.45) is 0.117. The van der Waals surface area contributed by atoms with E-state index in [1.807, 2.05) is 36.4 Å². The third-order valence-corrected chi connectivity index (χ3v) is 6.63. The monoisotopic (exact) mass is 397 g/mol. The van der Waals surface area contributed by atoms with E-state index < -0.39 is 0 Å². The van der Waals surface area contributed by atoms with Crippen molar-refractivity contribution in [2.75, 3.05) is 18.0 Å². The molecule has 0 bridgehead atoms. The molecule has 1 aliphatic rings. The van der Waals surface area contributed by atoms with Crippen molar-refractivity contribution in [3.8, 4) is 0 Å². The number of anilines is 1. The lowest BCUT2D eigenvalue weighted by atomic mass is 9.87. The van der Waals surface area contributed by atoms with Gasteiger partial charge in [-0.15, -0.1) is 0 Å². The quantitative estimate of drug-likeness (QED) is 0.580. The van der Waals surface area contributed by atoms with Gasteiger partial charge in [-0.2, -0.15) is 0 Å². The Hall–Kier alpha value is -1.69. The fourth-order valence-corrected chi connectivity index (χ4v) is 5.04. The molecule has 2 aromatic rings. The first kappa shape index (κ1) is 20.1. The first-order chi connectivity index (χ1) is 13.0. The van der Waals surface area contributed by atoms with Crippen LogP contribution in [0.25, 0.3) is 0 Å². The summed E-state index contributed by atoms with van der Waals surface area (Å²) in [6.45, 7) is 10.9. The lowest BCUT2D eigenvalue weighted by Gasteiger charge is -2.51. The van der Waals surface area contributed by atoms with E-state index in [4.69, 9.17) is 17.2 Å². The van der Waals surface area contributed by atoms with Crippen molar-refractivity contribution < 1.29 is 0 Å². The van der Waals surface area contributed by atoms with E-state index in [1.165, 1.54) is 0 Å². The molecule has 0 amide bonds. The molecule has 1 fully saturated rings. The molecule has 27 heavy (non-hydrogen) atoms. The SMILES string of the molecule is CCN(CC)C1N(c2ccccc2)C(=S)SC(=Nc2ccccc2)C1(C)C. The second-order valence-corrected chi connectivity index (χ2v) is 8.77. The van der Waals surface area contributed by atoms with Crippen molar-refractivity contribution in [3.05, 3.63) is 60.7 Å². The number of benzene rings is 2. The van der Waals surface area contributed by atoms with Crippen molar-refractivity contribution >= 4 is 44.7 Å². The van der Waals surface area contributed by atoms with E-state index in [2.05, 4.69) is 61.8 Å². The van der Waals surface area contributed by atoms with Gasteiger partial charge in [0.25, 0.3) is 0 Å². The van der Waals surface area contributed by atoms with Crippen LogP contribution in [0.2, 0.25) is 0 Å². The molecule has 1 heterocycles.